The van der Waals surface area contributed by atoms with Crippen molar-refractivity contribution in [3.8, 4) is 0 Å². The van der Waals surface area contributed by atoms with Crippen molar-refractivity contribution >= 4 is 35.3 Å². The molecule has 1 aliphatic carbocycles. The zero-order chi connectivity index (χ0) is 16.8. The van der Waals surface area contributed by atoms with Crippen LogP contribution in [0.4, 0.5) is 0 Å². The Kier molecular flexibility index (Phi) is 5.72. The Balaban J connectivity index is 1.58. The molecule has 0 aliphatic heterocycles. The van der Waals surface area contributed by atoms with E-state index in [-0.39, 0.29) is 0 Å². The Labute approximate surface area is 151 Å². The third-order valence-electron chi connectivity index (χ3n) is 3.40. The van der Waals surface area contributed by atoms with Gasteiger partial charge in [0.25, 0.3) is 0 Å². The molecule has 0 bridgehead atoms. The van der Waals surface area contributed by atoms with Crippen molar-refractivity contribution in [3.63, 3.8) is 0 Å². The summed E-state index contributed by atoms with van der Waals surface area (Å²) in [5.74, 6) is 0. The molecule has 2 aromatic carbocycles. The van der Waals surface area contributed by atoms with E-state index in [1.54, 1.807) is 0 Å². The van der Waals surface area contributed by atoms with E-state index in [0.717, 1.165) is 21.2 Å². The van der Waals surface area contributed by atoms with E-state index >= 15 is 0 Å². The van der Waals surface area contributed by atoms with Gasteiger partial charge in [0.15, 0.2) is 0 Å². The summed E-state index contributed by atoms with van der Waals surface area (Å²) in [6.45, 7) is 4.17. The fraction of sp³-hybridized carbons (Fsp3) is 0.100. The number of aryl methyl sites for hydroxylation is 2. The number of hydrogen-bond acceptors (Lipinski definition) is 4. The van der Waals surface area contributed by atoms with E-state index in [4.69, 9.17) is 0 Å². The highest BCUT2D eigenvalue weighted by Crippen LogP contribution is 2.22. The maximum absolute atomic E-state index is 4.54. The van der Waals surface area contributed by atoms with Crippen molar-refractivity contribution in [2.24, 2.45) is 8.80 Å². The Morgan fingerprint density at radius 1 is 0.542 bits per heavy atom. The molecule has 0 amide bonds. The van der Waals surface area contributed by atoms with Gasteiger partial charge in [-0.05, 0) is 62.4 Å². The minimum absolute atomic E-state index is 0.944. The molecule has 120 valence electrons. The van der Waals surface area contributed by atoms with Crippen LogP contribution >= 0.6 is 23.9 Å². The van der Waals surface area contributed by atoms with Crippen molar-refractivity contribution in [2.45, 2.75) is 23.6 Å². The smallest absolute Gasteiger partial charge is 0.0718 e. The molecule has 24 heavy (non-hydrogen) atoms. The van der Waals surface area contributed by atoms with Crippen molar-refractivity contribution in [1.82, 2.24) is 0 Å². The Morgan fingerprint density at radius 3 is 1.21 bits per heavy atom. The van der Waals surface area contributed by atoms with Crippen LogP contribution in [0.1, 0.15) is 11.1 Å². The van der Waals surface area contributed by atoms with Gasteiger partial charge in [0, 0.05) is 33.7 Å². The molecule has 3 rings (SSSR count). The van der Waals surface area contributed by atoms with E-state index in [1.165, 1.54) is 35.0 Å². The third-order valence-corrected chi connectivity index (χ3v) is 4.97. The highest BCUT2D eigenvalue weighted by Gasteiger charge is 2.01. The maximum Gasteiger partial charge on any atom is 0.0718 e. The molecule has 0 fully saturated rings. The van der Waals surface area contributed by atoms with E-state index in [0.29, 0.717) is 0 Å². The van der Waals surface area contributed by atoms with Gasteiger partial charge in [0.05, 0.1) is 11.4 Å². The number of hydrogen-bond donors (Lipinski definition) is 0. The normalized spacial score (nSPS) is 13.2. The van der Waals surface area contributed by atoms with Crippen LogP contribution in [0.15, 0.2) is 91.4 Å². The Hall–Kier alpha value is -2.04. The predicted molar refractivity (Wildman–Crippen MR) is 107 cm³/mol. The number of benzene rings is 2. The molecule has 2 nitrogen and oxygen atoms in total. The molecule has 0 spiro atoms. The Bertz CT molecular complexity index is 726. The second kappa shape index (κ2) is 8.18. The van der Waals surface area contributed by atoms with Gasteiger partial charge in [0.2, 0.25) is 0 Å². The minimum Gasteiger partial charge on any atom is -0.212 e. The van der Waals surface area contributed by atoms with Crippen LogP contribution in [0.25, 0.3) is 0 Å². The first kappa shape index (κ1) is 16.8. The minimum atomic E-state index is 0.944. The highest BCUT2D eigenvalue weighted by molar-refractivity contribution is 7.98. The molecule has 0 saturated heterocycles. The lowest BCUT2D eigenvalue weighted by molar-refractivity contribution is 1.38. The van der Waals surface area contributed by atoms with Gasteiger partial charge in [0.1, 0.15) is 0 Å². The molecule has 0 saturated carbocycles. The summed E-state index contributed by atoms with van der Waals surface area (Å²) >= 11 is 2.98. The van der Waals surface area contributed by atoms with E-state index < -0.39 is 0 Å². The monoisotopic (exact) mass is 350 g/mol. The van der Waals surface area contributed by atoms with Gasteiger partial charge >= 0.3 is 0 Å². The lowest BCUT2D eigenvalue weighted by atomic mass is 10.1. The molecular weight excluding hydrogens is 332 g/mol. The van der Waals surface area contributed by atoms with E-state index in [9.17, 15) is 0 Å². The third kappa shape index (κ3) is 4.98. The van der Waals surface area contributed by atoms with Crippen LogP contribution in [0.2, 0.25) is 0 Å². The standard InChI is InChI=1S/C20H18N2S2/c1-15-3-11-19(12-4-15)23-21-17-7-9-18(10-8-17)22-24-20-13-5-16(2)6-14-20/h3-14H,1-2H3. The van der Waals surface area contributed by atoms with E-state index in [1.807, 2.05) is 24.3 Å². The predicted octanol–water partition coefficient (Wildman–Crippen LogP) is 6.03. The van der Waals surface area contributed by atoms with Crippen molar-refractivity contribution < 1.29 is 0 Å². The molecule has 0 aromatic heterocycles. The lowest BCUT2D eigenvalue weighted by Gasteiger charge is -2.03. The van der Waals surface area contributed by atoms with Gasteiger partial charge < -0.3 is 0 Å². The topological polar surface area (TPSA) is 24.7 Å². The lowest BCUT2D eigenvalue weighted by Crippen LogP contribution is -1.98. The summed E-state index contributed by atoms with van der Waals surface area (Å²) in [7, 11) is 0. The molecule has 4 heteroatoms. The van der Waals surface area contributed by atoms with Crippen LogP contribution in [0.3, 0.4) is 0 Å². The first-order valence-corrected chi connectivity index (χ1v) is 9.23. The summed E-state index contributed by atoms with van der Waals surface area (Å²) in [5.41, 5.74) is 4.41. The maximum atomic E-state index is 4.54. The summed E-state index contributed by atoms with van der Waals surface area (Å²) in [4.78, 5) is 2.29. The molecule has 0 heterocycles. The van der Waals surface area contributed by atoms with Gasteiger partial charge in [-0.25, -0.2) is 8.80 Å². The highest BCUT2D eigenvalue weighted by atomic mass is 32.2. The van der Waals surface area contributed by atoms with Crippen molar-refractivity contribution in [2.75, 3.05) is 0 Å². The first-order valence-electron chi connectivity index (χ1n) is 7.68. The van der Waals surface area contributed by atoms with Crippen LogP contribution < -0.4 is 0 Å². The summed E-state index contributed by atoms with van der Waals surface area (Å²) in [5, 5.41) is 0. The quantitative estimate of drug-likeness (QED) is 0.497. The number of nitrogens with zero attached hydrogens (tertiary/aromatic N) is 2. The summed E-state index contributed by atoms with van der Waals surface area (Å²) < 4.78 is 9.09. The molecule has 2 aromatic rings. The van der Waals surface area contributed by atoms with Crippen molar-refractivity contribution in [1.29, 1.82) is 0 Å². The summed E-state index contributed by atoms with van der Waals surface area (Å²) in [6.07, 6.45) is 7.98. The zero-order valence-electron chi connectivity index (χ0n) is 13.6. The van der Waals surface area contributed by atoms with E-state index in [2.05, 4.69) is 71.2 Å². The zero-order valence-corrected chi connectivity index (χ0v) is 15.3. The molecule has 0 atom stereocenters. The van der Waals surface area contributed by atoms with Crippen LogP contribution in [-0.2, 0) is 0 Å². The molecule has 1 aliphatic rings. The molecule has 0 N–H and O–H groups in total. The number of allylic oxidation sites excluding steroid dienone is 4. The second-order valence-corrected chi connectivity index (χ2v) is 7.18. The molecule has 0 unspecified atom stereocenters. The fourth-order valence-electron chi connectivity index (χ4n) is 1.98. The van der Waals surface area contributed by atoms with Gasteiger partial charge in [-0.3, -0.25) is 0 Å². The van der Waals surface area contributed by atoms with Crippen LogP contribution in [0, 0.1) is 13.8 Å². The van der Waals surface area contributed by atoms with Crippen LogP contribution in [-0.4, -0.2) is 11.4 Å². The second-order valence-electron chi connectivity index (χ2n) is 5.51. The van der Waals surface area contributed by atoms with Gasteiger partial charge in [-0.15, -0.1) is 0 Å². The summed E-state index contributed by atoms with van der Waals surface area (Å²) in [6, 6.07) is 16.8. The SMILES string of the molecule is Cc1ccc(SN=C2C=CC(=NSc3ccc(C)cc3)C=C2)cc1. The number of rotatable bonds is 4. The largest absolute Gasteiger partial charge is 0.212 e. The van der Waals surface area contributed by atoms with Crippen LogP contribution in [0.5, 0.6) is 0 Å². The van der Waals surface area contributed by atoms with Gasteiger partial charge in [-0.2, -0.15) is 0 Å². The fourth-order valence-corrected chi connectivity index (χ4v) is 3.16. The Morgan fingerprint density at radius 2 is 0.875 bits per heavy atom. The molecule has 0 radical (unpaired) electrons. The molecular formula is C20H18N2S2. The van der Waals surface area contributed by atoms with Gasteiger partial charge in [-0.1, -0.05) is 35.4 Å². The average Bonchev–Trinajstić information content (AvgIpc) is 2.62. The first-order chi connectivity index (χ1) is 11.7. The van der Waals surface area contributed by atoms with Crippen molar-refractivity contribution in [3.05, 3.63) is 84.0 Å². The average molecular weight is 351 g/mol.